The van der Waals surface area contributed by atoms with E-state index in [0.29, 0.717) is 48.9 Å². The van der Waals surface area contributed by atoms with Gasteiger partial charge in [0.15, 0.2) is 11.5 Å². The fourth-order valence-electron chi connectivity index (χ4n) is 2.12. The molecule has 1 aromatic carbocycles. The first-order chi connectivity index (χ1) is 10.6. The standard InChI is InChI=1S/C16H20O6/c1-2-20-14-10-22-13-9-11(6-7-12(13)16(14)19)21-8-4-3-5-15(17)18/h6-7,9,19H,2-5,8,10H2,1H3,(H,17,18). The molecule has 6 nitrogen and oxygen atoms in total. The largest absolute Gasteiger partial charge is 0.504 e. The summed E-state index contributed by atoms with van der Waals surface area (Å²) in [6.45, 7) is 2.94. The molecule has 0 aromatic heterocycles. The Balaban J connectivity index is 1.94. The third-order valence-electron chi connectivity index (χ3n) is 3.20. The molecular formula is C16H20O6. The molecule has 0 fully saturated rings. The number of aliphatic carboxylic acids is 1. The van der Waals surface area contributed by atoms with Crippen LogP contribution in [0.1, 0.15) is 31.7 Å². The van der Waals surface area contributed by atoms with Crippen molar-refractivity contribution in [1.29, 1.82) is 0 Å². The van der Waals surface area contributed by atoms with E-state index in [2.05, 4.69) is 0 Å². The molecule has 0 aliphatic carbocycles. The summed E-state index contributed by atoms with van der Waals surface area (Å²) in [7, 11) is 0. The van der Waals surface area contributed by atoms with E-state index in [1.54, 1.807) is 18.2 Å². The van der Waals surface area contributed by atoms with Gasteiger partial charge in [0.2, 0.25) is 0 Å². The fraction of sp³-hybridized carbons (Fsp3) is 0.438. The maximum Gasteiger partial charge on any atom is 0.303 e. The Morgan fingerprint density at radius 1 is 1.32 bits per heavy atom. The van der Waals surface area contributed by atoms with Gasteiger partial charge in [0.1, 0.15) is 18.1 Å². The maximum atomic E-state index is 10.4. The first-order valence-electron chi connectivity index (χ1n) is 7.28. The van der Waals surface area contributed by atoms with Crippen LogP contribution in [0, 0.1) is 0 Å². The molecule has 120 valence electrons. The number of hydrogen-bond acceptors (Lipinski definition) is 5. The molecule has 1 aliphatic heterocycles. The van der Waals surface area contributed by atoms with Crippen molar-refractivity contribution in [2.24, 2.45) is 0 Å². The number of unbranched alkanes of at least 4 members (excludes halogenated alkanes) is 1. The van der Waals surface area contributed by atoms with E-state index >= 15 is 0 Å². The van der Waals surface area contributed by atoms with E-state index in [1.807, 2.05) is 6.92 Å². The molecule has 0 radical (unpaired) electrons. The Bertz CT molecular complexity index is 564. The molecular weight excluding hydrogens is 288 g/mol. The van der Waals surface area contributed by atoms with Crippen LogP contribution in [0.2, 0.25) is 0 Å². The molecule has 0 spiro atoms. The van der Waals surface area contributed by atoms with Gasteiger partial charge in [0.25, 0.3) is 0 Å². The Hall–Kier alpha value is -2.37. The zero-order valence-electron chi connectivity index (χ0n) is 12.5. The SMILES string of the molecule is CCOC1=C(O)c2ccc(OCCCCC(=O)O)cc2OC1. The predicted octanol–water partition coefficient (Wildman–Crippen LogP) is 2.98. The summed E-state index contributed by atoms with van der Waals surface area (Å²) in [4.78, 5) is 10.4. The van der Waals surface area contributed by atoms with Crippen molar-refractivity contribution in [2.45, 2.75) is 26.2 Å². The summed E-state index contributed by atoms with van der Waals surface area (Å²) in [5.41, 5.74) is 0.577. The van der Waals surface area contributed by atoms with Gasteiger partial charge in [0.05, 0.1) is 18.8 Å². The number of ether oxygens (including phenoxy) is 3. The van der Waals surface area contributed by atoms with Gasteiger partial charge >= 0.3 is 5.97 Å². The molecule has 22 heavy (non-hydrogen) atoms. The number of carbonyl (C=O) groups is 1. The Labute approximate surface area is 128 Å². The number of hydrogen-bond donors (Lipinski definition) is 2. The molecule has 0 unspecified atom stereocenters. The van der Waals surface area contributed by atoms with Crippen molar-refractivity contribution in [3.63, 3.8) is 0 Å². The minimum Gasteiger partial charge on any atom is -0.504 e. The second kappa shape index (κ2) is 7.59. The molecule has 0 amide bonds. The van der Waals surface area contributed by atoms with E-state index in [-0.39, 0.29) is 18.8 Å². The fourth-order valence-corrected chi connectivity index (χ4v) is 2.12. The third-order valence-corrected chi connectivity index (χ3v) is 3.20. The molecule has 6 heteroatoms. The van der Waals surface area contributed by atoms with E-state index in [9.17, 15) is 9.90 Å². The van der Waals surface area contributed by atoms with Crippen molar-refractivity contribution in [3.05, 3.63) is 29.5 Å². The first kappa shape index (κ1) is 16.0. The minimum atomic E-state index is -0.797. The van der Waals surface area contributed by atoms with Gasteiger partial charge in [-0.3, -0.25) is 4.79 Å². The highest BCUT2D eigenvalue weighted by Gasteiger charge is 2.21. The van der Waals surface area contributed by atoms with Crippen LogP contribution in [0.3, 0.4) is 0 Å². The zero-order valence-corrected chi connectivity index (χ0v) is 12.5. The highest BCUT2D eigenvalue weighted by Crippen LogP contribution is 2.34. The smallest absolute Gasteiger partial charge is 0.303 e. The highest BCUT2D eigenvalue weighted by atomic mass is 16.5. The van der Waals surface area contributed by atoms with Crippen molar-refractivity contribution < 1.29 is 29.2 Å². The molecule has 2 rings (SSSR count). The summed E-state index contributed by atoms with van der Waals surface area (Å²) >= 11 is 0. The van der Waals surface area contributed by atoms with Crippen LogP contribution in [0.4, 0.5) is 0 Å². The van der Waals surface area contributed by atoms with Crippen LogP contribution in [0.15, 0.2) is 24.0 Å². The lowest BCUT2D eigenvalue weighted by atomic mass is 10.1. The number of rotatable bonds is 8. The number of carboxylic acid groups (broad SMARTS) is 1. The van der Waals surface area contributed by atoms with E-state index in [1.165, 1.54) is 0 Å². The Morgan fingerprint density at radius 3 is 2.86 bits per heavy atom. The van der Waals surface area contributed by atoms with Crippen LogP contribution >= 0.6 is 0 Å². The van der Waals surface area contributed by atoms with Crippen molar-refractivity contribution in [3.8, 4) is 11.5 Å². The summed E-state index contributed by atoms with van der Waals surface area (Å²) < 4.78 is 16.4. The number of aliphatic hydroxyl groups is 1. The van der Waals surface area contributed by atoms with Crippen molar-refractivity contribution in [2.75, 3.05) is 19.8 Å². The van der Waals surface area contributed by atoms with E-state index in [4.69, 9.17) is 19.3 Å². The van der Waals surface area contributed by atoms with Gasteiger partial charge in [-0.15, -0.1) is 0 Å². The lowest BCUT2D eigenvalue weighted by molar-refractivity contribution is -0.137. The molecule has 2 N–H and O–H groups in total. The zero-order chi connectivity index (χ0) is 15.9. The quantitative estimate of drug-likeness (QED) is 0.718. The second-order valence-corrected chi connectivity index (χ2v) is 4.85. The minimum absolute atomic E-state index is 0.0936. The summed E-state index contributed by atoms with van der Waals surface area (Å²) in [5.74, 6) is 0.897. The van der Waals surface area contributed by atoms with Crippen LogP contribution in [0.25, 0.3) is 5.76 Å². The van der Waals surface area contributed by atoms with Gasteiger partial charge in [-0.2, -0.15) is 0 Å². The molecule has 1 heterocycles. The van der Waals surface area contributed by atoms with Crippen LogP contribution in [-0.2, 0) is 9.53 Å². The number of carboxylic acids is 1. The number of fused-ring (bicyclic) bond motifs is 1. The van der Waals surface area contributed by atoms with Gasteiger partial charge in [-0.1, -0.05) is 0 Å². The molecule has 0 saturated carbocycles. The Kier molecular flexibility index (Phi) is 5.52. The molecule has 0 bridgehead atoms. The predicted molar refractivity (Wildman–Crippen MR) is 80.1 cm³/mol. The number of aliphatic hydroxyl groups excluding tert-OH is 1. The van der Waals surface area contributed by atoms with Crippen molar-refractivity contribution in [1.82, 2.24) is 0 Å². The van der Waals surface area contributed by atoms with Gasteiger partial charge in [-0.25, -0.2) is 0 Å². The molecule has 0 atom stereocenters. The summed E-state index contributed by atoms with van der Waals surface area (Å²) in [6, 6.07) is 5.17. The average molecular weight is 308 g/mol. The average Bonchev–Trinajstić information content (AvgIpc) is 2.49. The molecule has 0 saturated heterocycles. The normalized spacial score (nSPS) is 13.3. The number of benzene rings is 1. The van der Waals surface area contributed by atoms with Crippen LogP contribution in [0.5, 0.6) is 11.5 Å². The lowest BCUT2D eigenvalue weighted by Crippen LogP contribution is -2.14. The lowest BCUT2D eigenvalue weighted by Gasteiger charge is -2.21. The summed E-state index contributed by atoms with van der Waals surface area (Å²) in [6.07, 6.45) is 1.40. The van der Waals surface area contributed by atoms with Crippen LogP contribution < -0.4 is 9.47 Å². The molecule has 1 aromatic rings. The second-order valence-electron chi connectivity index (χ2n) is 4.85. The first-order valence-corrected chi connectivity index (χ1v) is 7.28. The van der Waals surface area contributed by atoms with Gasteiger partial charge in [-0.05, 0) is 31.9 Å². The maximum absolute atomic E-state index is 10.4. The van der Waals surface area contributed by atoms with Gasteiger partial charge in [0, 0.05) is 12.5 Å². The third kappa shape index (κ3) is 4.07. The monoisotopic (exact) mass is 308 g/mol. The van der Waals surface area contributed by atoms with Crippen molar-refractivity contribution >= 4 is 11.7 Å². The van der Waals surface area contributed by atoms with Crippen LogP contribution in [-0.4, -0.2) is 36.0 Å². The molecule has 1 aliphatic rings. The van der Waals surface area contributed by atoms with E-state index < -0.39 is 5.97 Å². The Morgan fingerprint density at radius 2 is 2.14 bits per heavy atom. The highest BCUT2D eigenvalue weighted by molar-refractivity contribution is 5.69. The summed E-state index contributed by atoms with van der Waals surface area (Å²) in [5, 5.41) is 18.7. The topological polar surface area (TPSA) is 85.2 Å². The van der Waals surface area contributed by atoms with Gasteiger partial charge < -0.3 is 24.4 Å². The van der Waals surface area contributed by atoms with E-state index in [0.717, 1.165) is 0 Å².